The number of carboxylic acid groups (broad SMARTS) is 1. The van der Waals surface area contributed by atoms with E-state index in [1.165, 1.54) is 44.1 Å². The normalized spacial score (nSPS) is 20.9. The molecule has 0 saturated heterocycles. The molecule has 28 heavy (non-hydrogen) atoms. The molecule has 0 bridgehead atoms. The van der Waals surface area contributed by atoms with E-state index in [-0.39, 0.29) is 0 Å². The second-order valence-corrected chi connectivity index (χ2v) is 8.19. The van der Waals surface area contributed by atoms with Crippen LogP contribution in [0, 0.1) is 11.8 Å². The Kier molecular flexibility index (Phi) is 10.7. The van der Waals surface area contributed by atoms with E-state index in [0.29, 0.717) is 18.3 Å². The van der Waals surface area contributed by atoms with Gasteiger partial charge in [-0.25, -0.2) is 0 Å². The van der Waals surface area contributed by atoms with Crippen LogP contribution >= 0.6 is 0 Å². The van der Waals surface area contributed by atoms with E-state index in [2.05, 4.69) is 61.6 Å². The van der Waals surface area contributed by atoms with Crippen LogP contribution in [0.1, 0.15) is 89.0 Å². The van der Waals surface area contributed by atoms with Crippen molar-refractivity contribution in [2.45, 2.75) is 83.5 Å². The van der Waals surface area contributed by atoms with Crippen LogP contribution in [-0.2, 0) is 4.79 Å². The summed E-state index contributed by atoms with van der Waals surface area (Å²) in [5.41, 5.74) is 1.47. The summed E-state index contributed by atoms with van der Waals surface area (Å²) in [5, 5.41) is 8.85. The van der Waals surface area contributed by atoms with E-state index in [9.17, 15) is 4.79 Å². The van der Waals surface area contributed by atoms with Gasteiger partial charge in [-0.3, -0.25) is 4.79 Å². The number of unbranched alkanes of at least 4 members (excludes halogenated alkanes) is 3. The fourth-order valence-corrected chi connectivity index (χ4v) is 4.61. The van der Waals surface area contributed by atoms with Gasteiger partial charge in [-0.15, -0.1) is 0 Å². The second kappa shape index (κ2) is 13.4. The Morgan fingerprint density at radius 1 is 1.11 bits per heavy atom. The van der Waals surface area contributed by atoms with Crippen molar-refractivity contribution in [1.29, 1.82) is 0 Å². The molecule has 1 aliphatic carbocycles. The summed E-state index contributed by atoms with van der Waals surface area (Å²) in [7, 11) is 0. The van der Waals surface area contributed by atoms with Crippen LogP contribution in [0.4, 0.5) is 0 Å². The lowest BCUT2D eigenvalue weighted by Gasteiger charge is -2.28. The van der Waals surface area contributed by atoms with Gasteiger partial charge in [0.05, 0.1) is 0 Å². The number of benzene rings is 1. The summed E-state index contributed by atoms with van der Waals surface area (Å²) >= 11 is 0. The molecule has 1 aliphatic rings. The summed E-state index contributed by atoms with van der Waals surface area (Å²) in [6.45, 7) is 2.22. The Balaban J connectivity index is 1.96. The molecule has 1 unspecified atom stereocenters. The molecule has 2 rings (SSSR count). The first-order chi connectivity index (χ1) is 13.7. The Morgan fingerprint density at radius 3 is 2.68 bits per heavy atom. The highest BCUT2D eigenvalue weighted by Gasteiger charge is 2.32. The lowest BCUT2D eigenvalue weighted by atomic mass is 9.76. The third-order valence-corrected chi connectivity index (χ3v) is 6.05. The standard InChI is InChI=1S/C26H38O2/c1-2-3-4-5-6-9-15-23-18-14-20-25(23)24(22-16-10-7-11-17-22)19-12-8-13-21-26(27)28/h4-5,7,9-11,15-17,23-25H,2-3,6,8,12-14,18-21H2,1H3,(H,27,28)/t23-,24?,25-/m0/s1. The minimum Gasteiger partial charge on any atom is -0.481 e. The van der Waals surface area contributed by atoms with Crippen molar-refractivity contribution in [3.8, 4) is 0 Å². The van der Waals surface area contributed by atoms with Crippen LogP contribution in [0.15, 0.2) is 54.6 Å². The SMILES string of the molecule is CCCC=CCC=C[C@H]1CCC[C@@H]1C(CCCCCC(=O)O)c1ccccc1. The monoisotopic (exact) mass is 382 g/mol. The zero-order valence-electron chi connectivity index (χ0n) is 17.6. The fourth-order valence-electron chi connectivity index (χ4n) is 4.61. The van der Waals surface area contributed by atoms with Crippen molar-refractivity contribution in [3.63, 3.8) is 0 Å². The molecule has 0 heterocycles. The number of hydrogen-bond acceptors (Lipinski definition) is 1. The van der Waals surface area contributed by atoms with E-state index in [0.717, 1.165) is 31.6 Å². The van der Waals surface area contributed by atoms with Crippen LogP contribution < -0.4 is 0 Å². The molecule has 2 heteroatoms. The topological polar surface area (TPSA) is 37.3 Å². The van der Waals surface area contributed by atoms with Gasteiger partial charge in [-0.05, 0) is 61.8 Å². The Morgan fingerprint density at radius 2 is 1.93 bits per heavy atom. The zero-order chi connectivity index (χ0) is 20.0. The van der Waals surface area contributed by atoms with Gasteiger partial charge in [0.1, 0.15) is 0 Å². The average Bonchev–Trinajstić information content (AvgIpc) is 3.16. The number of aliphatic carboxylic acids is 1. The molecule has 0 aromatic heterocycles. The third-order valence-electron chi connectivity index (χ3n) is 6.05. The number of rotatable bonds is 13. The number of carbonyl (C=O) groups is 1. The van der Waals surface area contributed by atoms with Crippen molar-refractivity contribution in [3.05, 3.63) is 60.2 Å². The highest BCUT2D eigenvalue weighted by molar-refractivity contribution is 5.66. The van der Waals surface area contributed by atoms with Crippen molar-refractivity contribution in [1.82, 2.24) is 0 Å². The van der Waals surface area contributed by atoms with Gasteiger partial charge in [0.15, 0.2) is 0 Å². The summed E-state index contributed by atoms with van der Waals surface area (Å²) in [5.74, 6) is 1.33. The Labute approximate surface area is 171 Å². The van der Waals surface area contributed by atoms with Crippen molar-refractivity contribution in [2.24, 2.45) is 11.8 Å². The van der Waals surface area contributed by atoms with Crippen LogP contribution in [0.5, 0.6) is 0 Å². The van der Waals surface area contributed by atoms with Gasteiger partial charge >= 0.3 is 5.97 Å². The molecule has 1 aromatic rings. The molecule has 0 spiro atoms. The number of allylic oxidation sites excluding steroid dienone is 4. The maximum absolute atomic E-state index is 10.7. The fraction of sp³-hybridized carbons (Fsp3) is 0.577. The minimum atomic E-state index is -0.673. The smallest absolute Gasteiger partial charge is 0.303 e. The molecule has 0 amide bonds. The van der Waals surface area contributed by atoms with Crippen molar-refractivity contribution >= 4 is 5.97 Å². The maximum Gasteiger partial charge on any atom is 0.303 e. The lowest BCUT2D eigenvalue weighted by molar-refractivity contribution is -0.137. The predicted molar refractivity (Wildman–Crippen MR) is 119 cm³/mol. The van der Waals surface area contributed by atoms with Gasteiger partial charge in [-0.1, -0.05) is 87.2 Å². The first-order valence-electron chi connectivity index (χ1n) is 11.3. The van der Waals surface area contributed by atoms with E-state index < -0.39 is 5.97 Å². The van der Waals surface area contributed by atoms with Crippen LogP contribution in [0.25, 0.3) is 0 Å². The van der Waals surface area contributed by atoms with Gasteiger partial charge < -0.3 is 5.11 Å². The first kappa shape index (κ1) is 22.5. The number of hydrogen-bond donors (Lipinski definition) is 1. The molecule has 1 aromatic carbocycles. The molecule has 1 fully saturated rings. The van der Waals surface area contributed by atoms with Crippen LogP contribution in [-0.4, -0.2) is 11.1 Å². The van der Waals surface area contributed by atoms with Gasteiger partial charge in [0, 0.05) is 6.42 Å². The number of carboxylic acids is 1. The molecule has 3 atom stereocenters. The predicted octanol–water partition coefficient (Wildman–Crippen LogP) is 7.52. The highest BCUT2D eigenvalue weighted by Crippen LogP contribution is 2.44. The summed E-state index contributed by atoms with van der Waals surface area (Å²) in [4.78, 5) is 10.7. The molecule has 2 nitrogen and oxygen atoms in total. The second-order valence-electron chi connectivity index (χ2n) is 8.19. The summed E-state index contributed by atoms with van der Waals surface area (Å²) < 4.78 is 0. The maximum atomic E-state index is 10.7. The van der Waals surface area contributed by atoms with Crippen LogP contribution in [0.3, 0.4) is 0 Å². The van der Waals surface area contributed by atoms with Gasteiger partial charge in [-0.2, -0.15) is 0 Å². The van der Waals surface area contributed by atoms with Crippen molar-refractivity contribution < 1.29 is 9.90 Å². The quantitative estimate of drug-likeness (QED) is 0.283. The largest absolute Gasteiger partial charge is 0.481 e. The minimum absolute atomic E-state index is 0.302. The highest BCUT2D eigenvalue weighted by atomic mass is 16.4. The van der Waals surface area contributed by atoms with E-state index in [1.807, 2.05) is 0 Å². The molecule has 0 aliphatic heterocycles. The average molecular weight is 383 g/mol. The van der Waals surface area contributed by atoms with Gasteiger partial charge in [0.2, 0.25) is 0 Å². The third kappa shape index (κ3) is 8.04. The lowest BCUT2D eigenvalue weighted by Crippen LogP contribution is -2.16. The van der Waals surface area contributed by atoms with Gasteiger partial charge in [0.25, 0.3) is 0 Å². The molecular formula is C26H38O2. The first-order valence-corrected chi connectivity index (χ1v) is 11.3. The zero-order valence-corrected chi connectivity index (χ0v) is 17.6. The van der Waals surface area contributed by atoms with Crippen LogP contribution in [0.2, 0.25) is 0 Å². The Bertz CT molecular complexity index is 602. The molecule has 0 radical (unpaired) electrons. The van der Waals surface area contributed by atoms with E-state index in [4.69, 9.17) is 5.11 Å². The molecule has 1 N–H and O–H groups in total. The van der Waals surface area contributed by atoms with E-state index in [1.54, 1.807) is 0 Å². The Hall–Kier alpha value is -1.83. The molecule has 154 valence electrons. The van der Waals surface area contributed by atoms with E-state index >= 15 is 0 Å². The molecular weight excluding hydrogens is 344 g/mol. The summed E-state index contributed by atoms with van der Waals surface area (Å²) in [6.07, 6.45) is 21.2. The molecule has 1 saturated carbocycles. The summed E-state index contributed by atoms with van der Waals surface area (Å²) in [6, 6.07) is 11.0. The van der Waals surface area contributed by atoms with Crippen molar-refractivity contribution in [2.75, 3.05) is 0 Å².